The summed E-state index contributed by atoms with van der Waals surface area (Å²) < 4.78 is 4.74. The van der Waals surface area contributed by atoms with Crippen LogP contribution in [0, 0.1) is 0 Å². The van der Waals surface area contributed by atoms with E-state index in [9.17, 15) is 14.7 Å². The lowest BCUT2D eigenvalue weighted by atomic mass is 10.2. The number of hydrogen-bond acceptors (Lipinski definition) is 4. The average Bonchev–Trinajstić information content (AvgIpc) is 2.57. The number of carbonyl (C=O) groups excluding carboxylic acids is 1. The minimum Gasteiger partial charge on any atom is -0.480 e. The summed E-state index contributed by atoms with van der Waals surface area (Å²) in [6.07, 6.45) is -0.487. The normalized spacial score (nSPS) is 25.6. The predicted molar refractivity (Wildman–Crippen MR) is 50.3 cm³/mol. The van der Waals surface area contributed by atoms with E-state index < -0.39 is 18.1 Å². The number of rotatable bonds is 4. The second kappa shape index (κ2) is 5.09. The van der Waals surface area contributed by atoms with Gasteiger partial charge < -0.3 is 19.8 Å². The molecule has 0 spiro atoms. The highest BCUT2D eigenvalue weighted by Crippen LogP contribution is 2.18. The molecular weight excluding hydrogens is 202 g/mol. The van der Waals surface area contributed by atoms with E-state index in [4.69, 9.17) is 9.84 Å². The molecule has 1 heterocycles. The maximum atomic E-state index is 11.5. The van der Waals surface area contributed by atoms with Gasteiger partial charge in [-0.05, 0) is 0 Å². The SMILES string of the molecule is COCCC(=O)N1C[C@H](O)C[C@H]1C(=O)O. The van der Waals surface area contributed by atoms with Crippen LogP contribution in [0.15, 0.2) is 0 Å². The van der Waals surface area contributed by atoms with Gasteiger partial charge in [0.25, 0.3) is 0 Å². The number of carboxylic acids is 1. The Hall–Kier alpha value is -1.14. The Balaban J connectivity index is 2.58. The van der Waals surface area contributed by atoms with Crippen LogP contribution in [-0.2, 0) is 14.3 Å². The van der Waals surface area contributed by atoms with Gasteiger partial charge in [0.05, 0.1) is 19.1 Å². The van der Waals surface area contributed by atoms with Gasteiger partial charge in [-0.3, -0.25) is 4.79 Å². The molecule has 0 radical (unpaired) electrons. The Morgan fingerprint density at radius 1 is 1.53 bits per heavy atom. The molecule has 1 fully saturated rings. The summed E-state index contributed by atoms with van der Waals surface area (Å²) in [5, 5.41) is 18.1. The molecule has 1 rings (SSSR count). The van der Waals surface area contributed by atoms with Crippen molar-refractivity contribution < 1.29 is 24.5 Å². The van der Waals surface area contributed by atoms with Crippen molar-refractivity contribution in [2.24, 2.45) is 0 Å². The largest absolute Gasteiger partial charge is 0.480 e. The van der Waals surface area contributed by atoms with E-state index in [0.29, 0.717) is 0 Å². The van der Waals surface area contributed by atoms with Crippen LogP contribution < -0.4 is 0 Å². The fraction of sp³-hybridized carbons (Fsp3) is 0.778. The number of hydrogen-bond donors (Lipinski definition) is 2. The number of β-amino-alcohol motifs (C(OH)–C–C–N with tert-alkyl or cyclic N) is 1. The molecule has 1 aliphatic heterocycles. The minimum atomic E-state index is -1.07. The average molecular weight is 217 g/mol. The van der Waals surface area contributed by atoms with Crippen molar-refractivity contribution in [3.63, 3.8) is 0 Å². The number of aliphatic hydroxyl groups is 1. The lowest BCUT2D eigenvalue weighted by Crippen LogP contribution is -2.40. The van der Waals surface area contributed by atoms with Gasteiger partial charge in [0.1, 0.15) is 6.04 Å². The molecule has 2 atom stereocenters. The molecule has 0 aromatic heterocycles. The molecule has 0 aromatic rings. The molecule has 15 heavy (non-hydrogen) atoms. The topological polar surface area (TPSA) is 87.1 Å². The van der Waals surface area contributed by atoms with Crippen molar-refractivity contribution in [3.8, 4) is 0 Å². The van der Waals surface area contributed by atoms with E-state index in [1.54, 1.807) is 0 Å². The number of nitrogens with zero attached hydrogens (tertiary/aromatic N) is 1. The van der Waals surface area contributed by atoms with Crippen LogP contribution in [0.1, 0.15) is 12.8 Å². The van der Waals surface area contributed by atoms with Crippen molar-refractivity contribution in [3.05, 3.63) is 0 Å². The summed E-state index contributed by atoms with van der Waals surface area (Å²) in [7, 11) is 1.47. The molecule has 0 aliphatic carbocycles. The summed E-state index contributed by atoms with van der Waals surface area (Å²) in [5.41, 5.74) is 0. The number of carbonyl (C=O) groups is 2. The number of aliphatic carboxylic acids is 1. The number of likely N-dealkylation sites (tertiary alicyclic amines) is 1. The minimum absolute atomic E-state index is 0.0967. The third kappa shape index (κ3) is 2.90. The molecule has 6 nitrogen and oxygen atoms in total. The second-order valence-corrected chi connectivity index (χ2v) is 3.53. The number of ether oxygens (including phenoxy) is 1. The smallest absolute Gasteiger partial charge is 0.326 e. The predicted octanol–water partition coefficient (Wildman–Crippen LogP) is -0.931. The molecule has 2 N–H and O–H groups in total. The van der Waals surface area contributed by atoms with Gasteiger partial charge in [0, 0.05) is 20.1 Å². The zero-order chi connectivity index (χ0) is 11.4. The van der Waals surface area contributed by atoms with Crippen molar-refractivity contribution in [2.75, 3.05) is 20.3 Å². The maximum absolute atomic E-state index is 11.5. The highest BCUT2D eigenvalue weighted by atomic mass is 16.5. The van der Waals surface area contributed by atoms with Crippen LogP contribution in [-0.4, -0.2) is 59.4 Å². The van der Waals surface area contributed by atoms with Crippen molar-refractivity contribution in [1.29, 1.82) is 0 Å². The standard InChI is InChI=1S/C9H15NO5/c1-15-3-2-8(12)10-5-6(11)4-7(10)9(13)14/h6-7,11H,2-5H2,1H3,(H,13,14)/t6-,7+/m1/s1. The van der Waals surface area contributed by atoms with Gasteiger partial charge in [0.2, 0.25) is 5.91 Å². The molecule has 0 saturated carbocycles. The van der Waals surface area contributed by atoms with Crippen LogP contribution in [0.4, 0.5) is 0 Å². The van der Waals surface area contributed by atoms with Crippen molar-refractivity contribution in [2.45, 2.75) is 25.0 Å². The van der Waals surface area contributed by atoms with Crippen molar-refractivity contribution >= 4 is 11.9 Å². The quantitative estimate of drug-likeness (QED) is 0.635. The number of methoxy groups -OCH3 is 1. The Labute approximate surface area is 87.4 Å². The molecule has 0 unspecified atom stereocenters. The lowest BCUT2D eigenvalue weighted by molar-refractivity contribution is -0.148. The molecule has 86 valence electrons. The van der Waals surface area contributed by atoms with Crippen LogP contribution in [0.2, 0.25) is 0 Å². The summed E-state index contributed by atoms with van der Waals surface area (Å²) in [4.78, 5) is 23.5. The van der Waals surface area contributed by atoms with Gasteiger partial charge in [0.15, 0.2) is 0 Å². The van der Waals surface area contributed by atoms with E-state index in [0.717, 1.165) is 0 Å². The fourth-order valence-corrected chi connectivity index (χ4v) is 1.66. The molecule has 6 heteroatoms. The third-order valence-electron chi connectivity index (χ3n) is 2.40. The zero-order valence-corrected chi connectivity index (χ0v) is 8.55. The summed E-state index contributed by atoms with van der Waals surface area (Å²) in [6.45, 7) is 0.358. The lowest BCUT2D eigenvalue weighted by Gasteiger charge is -2.20. The van der Waals surface area contributed by atoms with Gasteiger partial charge in [-0.2, -0.15) is 0 Å². The van der Waals surface area contributed by atoms with Crippen molar-refractivity contribution in [1.82, 2.24) is 4.90 Å². The first-order valence-electron chi connectivity index (χ1n) is 4.75. The summed E-state index contributed by atoms with van der Waals surface area (Å²) in [5.74, 6) is -1.36. The van der Waals surface area contributed by atoms with Gasteiger partial charge in [-0.1, -0.05) is 0 Å². The Bertz CT molecular complexity index is 255. The highest BCUT2D eigenvalue weighted by molar-refractivity contribution is 5.84. The Morgan fingerprint density at radius 2 is 2.20 bits per heavy atom. The molecule has 0 aromatic carbocycles. The van der Waals surface area contributed by atoms with Gasteiger partial charge >= 0.3 is 5.97 Å². The van der Waals surface area contributed by atoms with E-state index in [1.165, 1.54) is 12.0 Å². The first kappa shape index (κ1) is 11.9. The molecule has 1 saturated heterocycles. The highest BCUT2D eigenvalue weighted by Gasteiger charge is 2.38. The monoisotopic (exact) mass is 217 g/mol. The summed E-state index contributed by atoms with van der Waals surface area (Å²) >= 11 is 0. The number of carboxylic acid groups (broad SMARTS) is 1. The molecule has 0 bridgehead atoms. The van der Waals surface area contributed by atoms with E-state index >= 15 is 0 Å². The van der Waals surface area contributed by atoms with E-state index in [-0.39, 0.29) is 31.9 Å². The summed E-state index contributed by atoms with van der Waals surface area (Å²) in [6, 6.07) is -0.899. The molecular formula is C9H15NO5. The van der Waals surface area contributed by atoms with Crippen LogP contribution in [0.25, 0.3) is 0 Å². The number of aliphatic hydroxyl groups excluding tert-OH is 1. The number of amides is 1. The molecule has 1 amide bonds. The second-order valence-electron chi connectivity index (χ2n) is 3.53. The zero-order valence-electron chi connectivity index (χ0n) is 8.55. The van der Waals surface area contributed by atoms with E-state index in [1.807, 2.05) is 0 Å². The molecule has 1 aliphatic rings. The van der Waals surface area contributed by atoms with E-state index in [2.05, 4.69) is 0 Å². The Kier molecular flexibility index (Phi) is 4.05. The first-order valence-corrected chi connectivity index (χ1v) is 4.75. The van der Waals surface area contributed by atoms with Crippen LogP contribution in [0.5, 0.6) is 0 Å². The van der Waals surface area contributed by atoms with Crippen LogP contribution in [0.3, 0.4) is 0 Å². The first-order chi connectivity index (χ1) is 7.06. The Morgan fingerprint density at radius 3 is 2.73 bits per heavy atom. The van der Waals surface area contributed by atoms with Gasteiger partial charge in [-0.25, -0.2) is 4.79 Å². The maximum Gasteiger partial charge on any atom is 0.326 e. The van der Waals surface area contributed by atoms with Crippen LogP contribution >= 0.6 is 0 Å². The fourth-order valence-electron chi connectivity index (χ4n) is 1.66. The van der Waals surface area contributed by atoms with Gasteiger partial charge in [-0.15, -0.1) is 0 Å². The third-order valence-corrected chi connectivity index (χ3v) is 2.40.